The van der Waals surface area contributed by atoms with Gasteiger partial charge in [-0.2, -0.15) is 4.31 Å². The molecule has 1 aromatic heterocycles. The lowest BCUT2D eigenvalue weighted by atomic mass is 10.3. The lowest BCUT2D eigenvalue weighted by Gasteiger charge is -2.21. The maximum absolute atomic E-state index is 12.7. The van der Waals surface area contributed by atoms with Crippen LogP contribution in [0.1, 0.15) is 12.6 Å². The maximum Gasteiger partial charge on any atom is 0.246 e. The Morgan fingerprint density at radius 1 is 1.24 bits per heavy atom. The van der Waals surface area contributed by atoms with Crippen LogP contribution in [0.5, 0.6) is 0 Å². The molecule has 112 valence electrons. The van der Waals surface area contributed by atoms with E-state index in [0.717, 1.165) is 0 Å². The molecule has 0 unspecified atom stereocenters. The van der Waals surface area contributed by atoms with Gasteiger partial charge in [0.2, 0.25) is 10.0 Å². The number of hydrogen-bond donors (Lipinski definition) is 1. The number of anilines is 1. The SMILES string of the molecule is CCN(Cc1ccccn1)S(=O)(=O)c1c(N)cccc1Cl. The van der Waals surface area contributed by atoms with E-state index >= 15 is 0 Å². The van der Waals surface area contributed by atoms with Crippen molar-refractivity contribution >= 4 is 27.3 Å². The van der Waals surface area contributed by atoms with Gasteiger partial charge in [-0.3, -0.25) is 4.98 Å². The van der Waals surface area contributed by atoms with Gasteiger partial charge in [-0.25, -0.2) is 8.42 Å². The van der Waals surface area contributed by atoms with Crippen molar-refractivity contribution in [3.8, 4) is 0 Å². The fourth-order valence-electron chi connectivity index (χ4n) is 1.97. The highest BCUT2D eigenvalue weighted by atomic mass is 35.5. The van der Waals surface area contributed by atoms with Crippen LogP contribution in [0.25, 0.3) is 0 Å². The van der Waals surface area contributed by atoms with Crippen molar-refractivity contribution < 1.29 is 8.42 Å². The van der Waals surface area contributed by atoms with Crippen molar-refractivity contribution in [2.45, 2.75) is 18.4 Å². The predicted molar refractivity (Wildman–Crippen MR) is 83.4 cm³/mol. The quantitative estimate of drug-likeness (QED) is 0.857. The Hall–Kier alpha value is -1.63. The number of nitrogens with zero attached hydrogens (tertiary/aromatic N) is 2. The maximum atomic E-state index is 12.7. The monoisotopic (exact) mass is 325 g/mol. The Morgan fingerprint density at radius 3 is 2.57 bits per heavy atom. The topological polar surface area (TPSA) is 76.3 Å². The third-order valence-corrected chi connectivity index (χ3v) is 5.48. The number of rotatable bonds is 5. The Kier molecular flexibility index (Phi) is 4.82. The van der Waals surface area contributed by atoms with Crippen molar-refractivity contribution in [3.05, 3.63) is 53.3 Å². The molecule has 0 fully saturated rings. The second-order valence-electron chi connectivity index (χ2n) is 4.41. The molecule has 0 bridgehead atoms. The van der Waals surface area contributed by atoms with E-state index in [0.29, 0.717) is 12.2 Å². The summed E-state index contributed by atoms with van der Waals surface area (Å²) in [5.41, 5.74) is 6.59. The lowest BCUT2D eigenvalue weighted by Crippen LogP contribution is -2.31. The molecular weight excluding hydrogens is 310 g/mol. The van der Waals surface area contributed by atoms with Gasteiger partial charge >= 0.3 is 0 Å². The van der Waals surface area contributed by atoms with Crippen molar-refractivity contribution in [3.63, 3.8) is 0 Å². The van der Waals surface area contributed by atoms with Crippen molar-refractivity contribution in [1.29, 1.82) is 0 Å². The molecular formula is C14H16ClN3O2S. The first-order valence-corrected chi connectivity index (χ1v) is 8.22. The van der Waals surface area contributed by atoms with Crippen LogP contribution in [-0.2, 0) is 16.6 Å². The minimum atomic E-state index is -3.77. The van der Waals surface area contributed by atoms with E-state index in [1.54, 1.807) is 31.3 Å². The molecule has 1 heterocycles. The van der Waals surface area contributed by atoms with Crippen LogP contribution in [0.15, 0.2) is 47.5 Å². The number of hydrogen-bond acceptors (Lipinski definition) is 4. The van der Waals surface area contributed by atoms with Crippen molar-refractivity contribution in [2.75, 3.05) is 12.3 Å². The Balaban J connectivity index is 2.41. The van der Waals surface area contributed by atoms with Crippen LogP contribution >= 0.6 is 11.6 Å². The molecule has 7 heteroatoms. The number of nitrogens with two attached hydrogens (primary N) is 1. The van der Waals surface area contributed by atoms with Crippen LogP contribution in [0.3, 0.4) is 0 Å². The normalized spacial score (nSPS) is 11.8. The fraction of sp³-hybridized carbons (Fsp3) is 0.214. The van der Waals surface area contributed by atoms with Crippen LogP contribution < -0.4 is 5.73 Å². The zero-order valence-electron chi connectivity index (χ0n) is 11.5. The number of nitrogen functional groups attached to an aromatic ring is 1. The number of pyridine rings is 1. The largest absolute Gasteiger partial charge is 0.398 e. The summed E-state index contributed by atoms with van der Waals surface area (Å²) < 4.78 is 26.8. The molecule has 21 heavy (non-hydrogen) atoms. The second-order valence-corrected chi connectivity index (χ2v) is 6.69. The standard InChI is InChI=1S/C14H16ClN3O2S/c1-2-18(10-11-6-3-4-9-17-11)21(19,20)14-12(15)7-5-8-13(14)16/h3-9H,2,10,16H2,1H3. The molecule has 0 atom stereocenters. The lowest BCUT2D eigenvalue weighted by molar-refractivity contribution is 0.419. The number of sulfonamides is 1. The third-order valence-electron chi connectivity index (χ3n) is 3.01. The van der Waals surface area contributed by atoms with Crippen molar-refractivity contribution in [2.24, 2.45) is 0 Å². The first-order chi connectivity index (χ1) is 9.96. The first-order valence-electron chi connectivity index (χ1n) is 6.41. The summed E-state index contributed by atoms with van der Waals surface area (Å²) in [5, 5.41) is 0.120. The van der Waals surface area contributed by atoms with Gasteiger partial charge in [0.25, 0.3) is 0 Å². The van der Waals surface area contributed by atoms with Gasteiger partial charge in [0.05, 0.1) is 22.9 Å². The van der Waals surface area contributed by atoms with Gasteiger partial charge in [0.1, 0.15) is 4.90 Å². The van der Waals surface area contributed by atoms with E-state index in [2.05, 4.69) is 4.98 Å². The third kappa shape index (κ3) is 3.34. The molecule has 0 aliphatic carbocycles. The molecule has 0 aliphatic heterocycles. The minimum Gasteiger partial charge on any atom is -0.398 e. The zero-order valence-corrected chi connectivity index (χ0v) is 13.1. The molecule has 2 N–H and O–H groups in total. The van der Waals surface area contributed by atoms with Gasteiger partial charge in [0.15, 0.2) is 0 Å². The Labute approximate surface area is 129 Å². The molecule has 0 aliphatic rings. The van der Waals surface area contributed by atoms with E-state index in [1.165, 1.54) is 16.4 Å². The Morgan fingerprint density at radius 2 is 2.00 bits per heavy atom. The molecule has 0 radical (unpaired) electrons. The molecule has 0 spiro atoms. The Bertz CT molecular complexity index is 700. The van der Waals surface area contributed by atoms with Crippen LogP contribution in [-0.4, -0.2) is 24.3 Å². The summed E-state index contributed by atoms with van der Waals surface area (Å²) in [6.07, 6.45) is 1.62. The van der Waals surface area contributed by atoms with Gasteiger partial charge in [-0.05, 0) is 24.3 Å². The minimum absolute atomic E-state index is 0.0514. The average molecular weight is 326 g/mol. The molecule has 2 rings (SSSR count). The number of benzene rings is 1. The van der Waals surface area contributed by atoms with E-state index in [1.807, 2.05) is 6.07 Å². The summed E-state index contributed by atoms with van der Waals surface area (Å²) in [4.78, 5) is 4.10. The second kappa shape index (κ2) is 6.43. The highest BCUT2D eigenvalue weighted by molar-refractivity contribution is 7.89. The summed E-state index contributed by atoms with van der Waals surface area (Å²) in [7, 11) is -3.77. The van der Waals surface area contributed by atoms with Crippen LogP contribution in [0.4, 0.5) is 5.69 Å². The van der Waals surface area contributed by atoms with Crippen LogP contribution in [0, 0.1) is 0 Å². The highest BCUT2D eigenvalue weighted by Crippen LogP contribution is 2.30. The van der Waals surface area contributed by atoms with E-state index in [-0.39, 0.29) is 22.2 Å². The van der Waals surface area contributed by atoms with Crippen LogP contribution in [0.2, 0.25) is 5.02 Å². The molecule has 1 aromatic carbocycles. The van der Waals surface area contributed by atoms with Gasteiger partial charge in [0, 0.05) is 12.7 Å². The molecule has 5 nitrogen and oxygen atoms in total. The van der Waals surface area contributed by atoms with Gasteiger partial charge < -0.3 is 5.73 Å². The highest BCUT2D eigenvalue weighted by Gasteiger charge is 2.28. The van der Waals surface area contributed by atoms with Gasteiger partial charge in [-0.1, -0.05) is 30.7 Å². The molecule has 2 aromatic rings. The predicted octanol–water partition coefficient (Wildman–Crippen LogP) is 2.53. The summed E-state index contributed by atoms with van der Waals surface area (Å²) in [6, 6.07) is 10.0. The molecule has 0 amide bonds. The summed E-state index contributed by atoms with van der Waals surface area (Å²) in [6.45, 7) is 2.22. The first kappa shape index (κ1) is 15.8. The average Bonchev–Trinajstić information content (AvgIpc) is 2.45. The van der Waals surface area contributed by atoms with E-state index in [4.69, 9.17) is 17.3 Å². The van der Waals surface area contributed by atoms with Crippen molar-refractivity contribution in [1.82, 2.24) is 9.29 Å². The zero-order chi connectivity index (χ0) is 15.5. The summed E-state index contributed by atoms with van der Waals surface area (Å²) in [5.74, 6) is 0. The fourth-order valence-corrected chi connectivity index (χ4v) is 4.02. The molecule has 0 saturated heterocycles. The van der Waals surface area contributed by atoms with E-state index in [9.17, 15) is 8.42 Å². The summed E-state index contributed by atoms with van der Waals surface area (Å²) >= 11 is 6.02. The number of halogens is 1. The van der Waals surface area contributed by atoms with Gasteiger partial charge in [-0.15, -0.1) is 0 Å². The van der Waals surface area contributed by atoms with E-state index < -0.39 is 10.0 Å². The smallest absolute Gasteiger partial charge is 0.246 e. The number of aromatic nitrogens is 1. The molecule has 0 saturated carbocycles.